The van der Waals surface area contributed by atoms with Gasteiger partial charge in [0.1, 0.15) is 0 Å². The van der Waals surface area contributed by atoms with E-state index < -0.39 is 0 Å². The molecule has 0 amide bonds. The van der Waals surface area contributed by atoms with Crippen molar-refractivity contribution in [3.8, 4) is 0 Å². The van der Waals surface area contributed by atoms with Crippen LogP contribution in [0.3, 0.4) is 0 Å². The molecule has 0 radical (unpaired) electrons. The Hall–Kier alpha value is -2.35. The van der Waals surface area contributed by atoms with E-state index in [1.165, 1.54) is 0 Å². The maximum absolute atomic E-state index is 11.8. The second kappa shape index (κ2) is 5.82. The van der Waals surface area contributed by atoms with Gasteiger partial charge < -0.3 is 5.32 Å². The second-order valence-corrected chi connectivity index (χ2v) is 3.94. The first-order valence-corrected chi connectivity index (χ1v) is 5.85. The number of hydrogen-bond acceptors (Lipinski definition) is 2. The van der Waals surface area contributed by atoms with E-state index >= 15 is 0 Å². The van der Waals surface area contributed by atoms with Crippen LogP contribution in [0.15, 0.2) is 60.7 Å². The number of anilines is 1. The van der Waals surface area contributed by atoms with Gasteiger partial charge in [0.2, 0.25) is 0 Å². The lowest BCUT2D eigenvalue weighted by Crippen LogP contribution is -1.92. The van der Waals surface area contributed by atoms with Crippen LogP contribution < -0.4 is 5.32 Å². The van der Waals surface area contributed by atoms with Crippen LogP contribution in [0, 0.1) is 0 Å². The lowest BCUT2D eigenvalue weighted by atomic mass is 10.1. The van der Waals surface area contributed by atoms with E-state index in [4.69, 9.17) is 0 Å². The Kier molecular flexibility index (Phi) is 3.92. The summed E-state index contributed by atoms with van der Waals surface area (Å²) in [5.41, 5.74) is 2.78. The van der Waals surface area contributed by atoms with Gasteiger partial charge in [0, 0.05) is 18.3 Å². The molecule has 2 nitrogen and oxygen atoms in total. The Morgan fingerprint density at radius 1 is 1.00 bits per heavy atom. The third kappa shape index (κ3) is 3.08. The number of nitrogens with one attached hydrogen (secondary N) is 1. The van der Waals surface area contributed by atoms with Crippen LogP contribution in [-0.2, 0) is 0 Å². The van der Waals surface area contributed by atoms with Crippen molar-refractivity contribution in [1.29, 1.82) is 0 Å². The van der Waals surface area contributed by atoms with Gasteiger partial charge in [0.15, 0.2) is 5.78 Å². The molecule has 0 bridgehead atoms. The summed E-state index contributed by atoms with van der Waals surface area (Å²) in [6, 6.07) is 17.2. The minimum absolute atomic E-state index is 0.0216. The molecule has 90 valence electrons. The molecule has 0 aliphatic carbocycles. The molecular weight excluding hydrogens is 222 g/mol. The number of rotatable bonds is 4. The van der Waals surface area contributed by atoms with Crippen LogP contribution in [-0.4, -0.2) is 12.8 Å². The standard InChI is InChI=1S/C16H15NO/c1-17-15-10-7-13(8-11-15)9-12-16(18)14-5-3-2-4-6-14/h2-12,17H,1H3. The predicted molar refractivity (Wildman–Crippen MR) is 75.8 cm³/mol. The van der Waals surface area contributed by atoms with Crippen molar-refractivity contribution < 1.29 is 4.79 Å². The maximum atomic E-state index is 11.8. The quantitative estimate of drug-likeness (QED) is 0.650. The van der Waals surface area contributed by atoms with Gasteiger partial charge in [-0.1, -0.05) is 48.5 Å². The third-order valence-corrected chi connectivity index (χ3v) is 2.68. The molecule has 2 rings (SSSR count). The maximum Gasteiger partial charge on any atom is 0.185 e. The Morgan fingerprint density at radius 3 is 2.28 bits per heavy atom. The molecule has 18 heavy (non-hydrogen) atoms. The van der Waals surface area contributed by atoms with Crippen LogP contribution in [0.4, 0.5) is 5.69 Å². The zero-order valence-corrected chi connectivity index (χ0v) is 10.3. The SMILES string of the molecule is CNc1ccc(C=CC(=O)c2ccccc2)cc1. The van der Waals surface area contributed by atoms with Crippen LogP contribution >= 0.6 is 0 Å². The fourth-order valence-electron chi connectivity index (χ4n) is 1.63. The van der Waals surface area contributed by atoms with Crippen molar-refractivity contribution in [3.05, 3.63) is 71.8 Å². The molecule has 0 heterocycles. The van der Waals surface area contributed by atoms with Gasteiger partial charge in [0.25, 0.3) is 0 Å². The van der Waals surface area contributed by atoms with Crippen LogP contribution in [0.5, 0.6) is 0 Å². The molecule has 0 fully saturated rings. The number of carbonyl (C=O) groups excluding carboxylic acids is 1. The van der Waals surface area contributed by atoms with E-state index in [1.807, 2.05) is 67.7 Å². The summed E-state index contributed by atoms with van der Waals surface area (Å²) in [5, 5.41) is 3.05. The minimum Gasteiger partial charge on any atom is -0.388 e. The summed E-state index contributed by atoms with van der Waals surface area (Å²) in [6.07, 6.45) is 3.43. The highest BCUT2D eigenvalue weighted by atomic mass is 16.1. The minimum atomic E-state index is 0.0216. The molecule has 0 unspecified atom stereocenters. The van der Waals surface area contributed by atoms with Crippen molar-refractivity contribution in [2.24, 2.45) is 0 Å². The lowest BCUT2D eigenvalue weighted by Gasteiger charge is -1.99. The number of benzene rings is 2. The molecule has 0 aromatic heterocycles. The molecule has 0 aliphatic rings. The molecular formula is C16H15NO. The largest absolute Gasteiger partial charge is 0.388 e. The van der Waals surface area contributed by atoms with Gasteiger partial charge >= 0.3 is 0 Å². The van der Waals surface area contributed by atoms with Crippen molar-refractivity contribution in [2.75, 3.05) is 12.4 Å². The summed E-state index contributed by atoms with van der Waals surface area (Å²) in [4.78, 5) is 11.8. The highest BCUT2D eigenvalue weighted by Gasteiger charge is 1.99. The van der Waals surface area contributed by atoms with Crippen molar-refractivity contribution in [1.82, 2.24) is 0 Å². The van der Waals surface area contributed by atoms with E-state index in [0.717, 1.165) is 11.3 Å². The molecule has 0 spiro atoms. The third-order valence-electron chi connectivity index (χ3n) is 2.68. The van der Waals surface area contributed by atoms with Crippen molar-refractivity contribution in [2.45, 2.75) is 0 Å². The first-order valence-electron chi connectivity index (χ1n) is 5.85. The van der Waals surface area contributed by atoms with Gasteiger partial charge in [-0.15, -0.1) is 0 Å². The summed E-state index contributed by atoms with van der Waals surface area (Å²) in [7, 11) is 1.88. The molecule has 2 aromatic rings. The molecule has 1 N–H and O–H groups in total. The van der Waals surface area contributed by atoms with E-state index in [9.17, 15) is 4.79 Å². The topological polar surface area (TPSA) is 29.1 Å². The van der Waals surface area contributed by atoms with Crippen LogP contribution in [0.2, 0.25) is 0 Å². The first kappa shape index (κ1) is 12.1. The summed E-state index contributed by atoms with van der Waals surface area (Å²) < 4.78 is 0. The predicted octanol–water partition coefficient (Wildman–Crippen LogP) is 3.62. The molecule has 2 heteroatoms. The summed E-state index contributed by atoms with van der Waals surface area (Å²) in [6.45, 7) is 0. The van der Waals surface area contributed by atoms with E-state index in [0.29, 0.717) is 5.56 Å². The van der Waals surface area contributed by atoms with E-state index in [1.54, 1.807) is 6.08 Å². The number of ketones is 1. The van der Waals surface area contributed by atoms with Crippen LogP contribution in [0.1, 0.15) is 15.9 Å². The normalized spacial score (nSPS) is 10.5. The number of allylic oxidation sites excluding steroid dienone is 1. The number of hydrogen-bond donors (Lipinski definition) is 1. The van der Waals surface area contributed by atoms with Gasteiger partial charge in [-0.25, -0.2) is 0 Å². The molecule has 0 saturated heterocycles. The Morgan fingerprint density at radius 2 is 1.67 bits per heavy atom. The molecule has 0 atom stereocenters. The summed E-state index contributed by atoms with van der Waals surface area (Å²) >= 11 is 0. The van der Waals surface area contributed by atoms with Gasteiger partial charge in [-0.05, 0) is 23.8 Å². The molecule has 0 aliphatic heterocycles. The lowest BCUT2D eigenvalue weighted by molar-refractivity contribution is 0.104. The zero-order valence-electron chi connectivity index (χ0n) is 10.3. The van der Waals surface area contributed by atoms with Gasteiger partial charge in [0.05, 0.1) is 0 Å². The zero-order chi connectivity index (χ0) is 12.8. The summed E-state index contributed by atoms with van der Waals surface area (Å²) in [5.74, 6) is 0.0216. The fraction of sp³-hybridized carbons (Fsp3) is 0.0625. The Labute approximate surface area is 107 Å². The molecule has 0 saturated carbocycles. The van der Waals surface area contributed by atoms with Crippen molar-refractivity contribution >= 4 is 17.5 Å². The average Bonchev–Trinajstić information content (AvgIpc) is 2.46. The highest BCUT2D eigenvalue weighted by molar-refractivity contribution is 6.06. The fourth-order valence-corrected chi connectivity index (χ4v) is 1.63. The van der Waals surface area contributed by atoms with Gasteiger partial charge in [-0.3, -0.25) is 4.79 Å². The average molecular weight is 237 g/mol. The van der Waals surface area contributed by atoms with E-state index in [-0.39, 0.29) is 5.78 Å². The Balaban J connectivity index is 2.08. The Bertz CT molecular complexity index is 541. The monoisotopic (exact) mass is 237 g/mol. The number of carbonyl (C=O) groups is 1. The molecule has 2 aromatic carbocycles. The van der Waals surface area contributed by atoms with Crippen molar-refractivity contribution in [3.63, 3.8) is 0 Å². The second-order valence-electron chi connectivity index (χ2n) is 3.94. The highest BCUT2D eigenvalue weighted by Crippen LogP contribution is 2.10. The van der Waals surface area contributed by atoms with E-state index in [2.05, 4.69) is 5.32 Å². The first-order chi connectivity index (χ1) is 8.79. The van der Waals surface area contributed by atoms with Crippen LogP contribution in [0.25, 0.3) is 6.08 Å². The van der Waals surface area contributed by atoms with Gasteiger partial charge in [-0.2, -0.15) is 0 Å². The smallest absolute Gasteiger partial charge is 0.185 e.